The Labute approximate surface area is 58.2 Å². The van der Waals surface area contributed by atoms with Crippen LogP contribution in [0.4, 0.5) is 8.78 Å². The molecular weight excluding hydrogens is 140 g/mol. The van der Waals surface area contributed by atoms with Gasteiger partial charge in [-0.15, -0.1) is 0 Å². The molecule has 0 aromatic heterocycles. The first kappa shape index (κ1) is 7.88. The average molecular weight is 151 g/mol. The van der Waals surface area contributed by atoms with E-state index in [4.69, 9.17) is 5.11 Å². The molecule has 0 aromatic rings. The van der Waals surface area contributed by atoms with Gasteiger partial charge in [0, 0.05) is 5.92 Å². The molecule has 1 fully saturated rings. The molecule has 0 saturated carbocycles. The predicted molar refractivity (Wildman–Crippen MR) is 33.0 cm³/mol. The number of nitrogens with one attached hydrogen (secondary N) is 1. The van der Waals surface area contributed by atoms with E-state index in [2.05, 4.69) is 5.32 Å². The maximum Gasteiger partial charge on any atom is 0.265 e. The molecule has 0 amide bonds. The first-order valence-electron chi connectivity index (χ1n) is 3.36. The minimum atomic E-state index is -2.72. The van der Waals surface area contributed by atoms with Crippen LogP contribution in [0.5, 0.6) is 0 Å². The van der Waals surface area contributed by atoms with Crippen molar-refractivity contribution in [2.24, 2.45) is 5.92 Å². The van der Waals surface area contributed by atoms with Gasteiger partial charge in [0.2, 0.25) is 0 Å². The molecule has 1 heterocycles. The van der Waals surface area contributed by atoms with Crippen molar-refractivity contribution in [3.8, 4) is 0 Å². The fourth-order valence-electron chi connectivity index (χ4n) is 1.11. The molecule has 10 heavy (non-hydrogen) atoms. The van der Waals surface area contributed by atoms with Gasteiger partial charge in [-0.05, 0) is 13.0 Å². The van der Waals surface area contributed by atoms with Crippen LogP contribution in [0.15, 0.2) is 0 Å². The van der Waals surface area contributed by atoms with Crippen LogP contribution >= 0.6 is 0 Å². The molecule has 2 nitrogen and oxygen atoms in total. The van der Waals surface area contributed by atoms with E-state index in [0.29, 0.717) is 13.0 Å². The zero-order valence-corrected chi connectivity index (χ0v) is 5.61. The Morgan fingerprint density at radius 1 is 1.60 bits per heavy atom. The number of aliphatic hydroxyl groups is 1. The molecule has 1 aliphatic rings. The molecule has 0 unspecified atom stereocenters. The van der Waals surface area contributed by atoms with E-state index in [1.54, 1.807) is 0 Å². The molecule has 0 bridgehead atoms. The summed E-state index contributed by atoms with van der Waals surface area (Å²) in [4.78, 5) is 0. The highest BCUT2D eigenvalue weighted by Gasteiger charge is 2.40. The Bertz CT molecular complexity index is 118. The first-order valence-corrected chi connectivity index (χ1v) is 3.36. The molecule has 1 rings (SSSR count). The normalized spacial score (nSPS) is 32.1. The lowest BCUT2D eigenvalue weighted by Crippen LogP contribution is -2.47. The van der Waals surface area contributed by atoms with E-state index in [-0.39, 0.29) is 6.54 Å². The second-order valence-corrected chi connectivity index (χ2v) is 2.61. The van der Waals surface area contributed by atoms with E-state index in [0.717, 1.165) is 0 Å². The van der Waals surface area contributed by atoms with Crippen molar-refractivity contribution < 1.29 is 13.9 Å². The van der Waals surface area contributed by atoms with E-state index in [1.807, 2.05) is 0 Å². The summed E-state index contributed by atoms with van der Waals surface area (Å²) in [5, 5.41) is 11.1. The Balaban J connectivity index is 2.51. The molecule has 1 saturated heterocycles. The fourth-order valence-corrected chi connectivity index (χ4v) is 1.11. The summed E-state index contributed by atoms with van der Waals surface area (Å²) in [5.74, 6) is -3.55. The first-order chi connectivity index (χ1) is 4.67. The SMILES string of the molecule is OC[C@H]1CCNCC1(F)F. The highest BCUT2D eigenvalue weighted by atomic mass is 19.3. The number of rotatable bonds is 1. The molecule has 0 spiro atoms. The monoisotopic (exact) mass is 151 g/mol. The van der Waals surface area contributed by atoms with E-state index in [9.17, 15) is 8.78 Å². The lowest BCUT2D eigenvalue weighted by atomic mass is 9.95. The zero-order chi connectivity index (χ0) is 7.61. The third-order valence-corrected chi connectivity index (χ3v) is 1.85. The molecule has 1 aliphatic heterocycles. The predicted octanol–water partition coefficient (Wildman–Crippen LogP) is 0.224. The van der Waals surface area contributed by atoms with Crippen LogP contribution in [0.1, 0.15) is 6.42 Å². The summed E-state index contributed by atoms with van der Waals surface area (Å²) in [6.07, 6.45) is 0.365. The molecule has 60 valence electrons. The van der Waals surface area contributed by atoms with E-state index >= 15 is 0 Å². The van der Waals surface area contributed by atoms with Crippen molar-refractivity contribution in [2.45, 2.75) is 12.3 Å². The third kappa shape index (κ3) is 1.44. The number of piperidine rings is 1. The minimum Gasteiger partial charge on any atom is -0.396 e. The van der Waals surface area contributed by atoms with Gasteiger partial charge in [-0.3, -0.25) is 0 Å². The van der Waals surface area contributed by atoms with Gasteiger partial charge in [0.25, 0.3) is 5.92 Å². The maximum atomic E-state index is 12.6. The van der Waals surface area contributed by atoms with Crippen molar-refractivity contribution in [3.63, 3.8) is 0 Å². The Kier molecular flexibility index (Phi) is 2.21. The van der Waals surface area contributed by atoms with Crippen LogP contribution in [0.3, 0.4) is 0 Å². The third-order valence-electron chi connectivity index (χ3n) is 1.85. The van der Waals surface area contributed by atoms with Crippen molar-refractivity contribution in [1.82, 2.24) is 5.32 Å². The van der Waals surface area contributed by atoms with E-state index in [1.165, 1.54) is 0 Å². The molecule has 4 heteroatoms. The molecular formula is C6H11F2NO. The summed E-state index contributed by atoms with van der Waals surface area (Å²) < 4.78 is 25.3. The largest absolute Gasteiger partial charge is 0.396 e. The van der Waals surface area contributed by atoms with Crippen LogP contribution in [0.2, 0.25) is 0 Å². The standard InChI is InChI=1S/C6H11F2NO/c7-6(8)4-9-2-1-5(6)3-10/h5,9-10H,1-4H2/t5-/m1/s1. The van der Waals surface area contributed by atoms with Gasteiger partial charge in [-0.2, -0.15) is 0 Å². The maximum absolute atomic E-state index is 12.6. The van der Waals surface area contributed by atoms with Gasteiger partial charge < -0.3 is 10.4 Å². The lowest BCUT2D eigenvalue weighted by Gasteiger charge is -2.30. The highest BCUT2D eigenvalue weighted by Crippen LogP contribution is 2.28. The summed E-state index contributed by atoms with van der Waals surface area (Å²) >= 11 is 0. The Morgan fingerprint density at radius 3 is 2.70 bits per heavy atom. The van der Waals surface area contributed by atoms with Crippen LogP contribution < -0.4 is 5.32 Å². The van der Waals surface area contributed by atoms with Crippen LogP contribution in [-0.4, -0.2) is 30.7 Å². The summed E-state index contributed by atoms with van der Waals surface area (Å²) in [6.45, 7) is -0.117. The fraction of sp³-hybridized carbons (Fsp3) is 1.00. The van der Waals surface area contributed by atoms with Gasteiger partial charge in [0.05, 0.1) is 13.2 Å². The molecule has 0 radical (unpaired) electrons. The number of hydrogen-bond acceptors (Lipinski definition) is 2. The smallest absolute Gasteiger partial charge is 0.265 e. The number of alkyl halides is 2. The van der Waals surface area contributed by atoms with Crippen LogP contribution in [-0.2, 0) is 0 Å². The number of hydrogen-bond donors (Lipinski definition) is 2. The van der Waals surface area contributed by atoms with Crippen molar-refractivity contribution in [1.29, 1.82) is 0 Å². The lowest BCUT2D eigenvalue weighted by molar-refractivity contribution is -0.0896. The van der Waals surface area contributed by atoms with Crippen molar-refractivity contribution in [2.75, 3.05) is 19.7 Å². The summed E-state index contributed by atoms with van der Waals surface area (Å²) in [5.41, 5.74) is 0. The van der Waals surface area contributed by atoms with Crippen LogP contribution in [0, 0.1) is 5.92 Å². The van der Waals surface area contributed by atoms with Gasteiger partial charge in [-0.1, -0.05) is 0 Å². The van der Waals surface area contributed by atoms with Crippen molar-refractivity contribution in [3.05, 3.63) is 0 Å². The second-order valence-electron chi connectivity index (χ2n) is 2.61. The number of aliphatic hydroxyl groups excluding tert-OH is 1. The molecule has 2 N–H and O–H groups in total. The van der Waals surface area contributed by atoms with Gasteiger partial charge in [-0.25, -0.2) is 8.78 Å². The van der Waals surface area contributed by atoms with Gasteiger partial charge in [0.15, 0.2) is 0 Å². The minimum absolute atomic E-state index is 0.293. The topological polar surface area (TPSA) is 32.3 Å². The molecule has 0 aromatic carbocycles. The van der Waals surface area contributed by atoms with Gasteiger partial charge in [0.1, 0.15) is 0 Å². The molecule has 0 aliphatic carbocycles. The van der Waals surface area contributed by atoms with Gasteiger partial charge >= 0.3 is 0 Å². The molecule has 1 atom stereocenters. The summed E-state index contributed by atoms with van der Waals surface area (Å²) in [7, 11) is 0. The van der Waals surface area contributed by atoms with Crippen molar-refractivity contribution >= 4 is 0 Å². The Hall–Kier alpha value is -0.220. The second kappa shape index (κ2) is 2.80. The number of halogens is 2. The zero-order valence-electron chi connectivity index (χ0n) is 5.61. The van der Waals surface area contributed by atoms with E-state index < -0.39 is 18.4 Å². The van der Waals surface area contributed by atoms with Crippen LogP contribution in [0.25, 0.3) is 0 Å². The average Bonchev–Trinajstić information content (AvgIpc) is 1.87. The quantitative estimate of drug-likeness (QED) is 0.562. The highest BCUT2D eigenvalue weighted by molar-refractivity contribution is 4.83. The summed E-state index contributed by atoms with van der Waals surface area (Å²) in [6, 6.07) is 0. The Morgan fingerprint density at radius 2 is 2.30 bits per heavy atom.